The molecule has 0 spiro atoms. The maximum absolute atomic E-state index is 6.18. The number of furan rings is 3. The Hall–Kier alpha value is -17.0. The van der Waals surface area contributed by atoms with Crippen LogP contribution in [0.5, 0.6) is 0 Å². The molecular formula is C126H78O3. The fourth-order valence-corrected chi connectivity index (χ4v) is 20.9. The number of rotatable bonds is 9. The van der Waals surface area contributed by atoms with Gasteiger partial charge in [0.2, 0.25) is 0 Å². The van der Waals surface area contributed by atoms with E-state index in [2.05, 4.69) is 437 Å². The zero-order valence-corrected chi connectivity index (χ0v) is 70.3. The topological polar surface area (TPSA) is 39.4 Å². The summed E-state index contributed by atoms with van der Waals surface area (Å²) < 4.78 is 18.5. The fourth-order valence-electron chi connectivity index (χ4n) is 20.9. The third kappa shape index (κ3) is 12.6. The number of benzene rings is 24. The van der Waals surface area contributed by atoms with Crippen molar-refractivity contribution in [1.82, 2.24) is 0 Å². The molecule has 0 aliphatic heterocycles. The van der Waals surface area contributed by atoms with Crippen molar-refractivity contribution in [2.24, 2.45) is 0 Å². The van der Waals surface area contributed by atoms with Gasteiger partial charge in [0.25, 0.3) is 0 Å². The molecule has 27 aromatic rings. The lowest BCUT2D eigenvalue weighted by molar-refractivity contribution is 0.668. The first-order valence-electron chi connectivity index (χ1n) is 44.3. The van der Waals surface area contributed by atoms with Gasteiger partial charge in [-0.25, -0.2) is 0 Å². The van der Waals surface area contributed by atoms with Crippen LogP contribution in [0.3, 0.4) is 0 Å². The molecule has 27 rings (SSSR count). The van der Waals surface area contributed by atoms with E-state index in [1.807, 2.05) is 36.4 Å². The molecule has 0 atom stereocenters. The summed E-state index contributed by atoms with van der Waals surface area (Å²) in [6.45, 7) is 0. The van der Waals surface area contributed by atoms with E-state index < -0.39 is 0 Å². The molecule has 0 unspecified atom stereocenters. The van der Waals surface area contributed by atoms with Gasteiger partial charge in [-0.15, -0.1) is 0 Å². The summed E-state index contributed by atoms with van der Waals surface area (Å²) in [5.74, 6) is 0. The van der Waals surface area contributed by atoms with Crippen molar-refractivity contribution in [3.63, 3.8) is 0 Å². The summed E-state index contributed by atoms with van der Waals surface area (Å²) in [7, 11) is 0. The Morgan fingerprint density at radius 3 is 0.744 bits per heavy atom. The van der Waals surface area contributed by atoms with Crippen molar-refractivity contribution in [2.45, 2.75) is 0 Å². The summed E-state index contributed by atoms with van der Waals surface area (Å²) in [6.07, 6.45) is 0. The summed E-state index contributed by atoms with van der Waals surface area (Å²) in [4.78, 5) is 0. The largest absolute Gasteiger partial charge is 0.456 e. The number of para-hydroxylation sites is 3. The first-order valence-corrected chi connectivity index (χ1v) is 44.3. The Labute approximate surface area is 744 Å². The van der Waals surface area contributed by atoms with Crippen LogP contribution in [0.25, 0.3) is 263 Å². The van der Waals surface area contributed by atoms with Crippen molar-refractivity contribution in [2.75, 3.05) is 0 Å². The predicted octanol–water partition coefficient (Wildman–Crippen LogP) is 36.1. The van der Waals surface area contributed by atoms with Crippen molar-refractivity contribution >= 4 is 163 Å². The SMILES string of the molecule is c1cc(-c2cccc3ccccc23)cc(-c2c3ccccc3c(-c3ccc4oc5ccccc5c4c3)c3ccccc23)c1.c1ccc(-c2c3ccccc3c(-c3ccc4oc5ccccc5c4c3)c3ccccc23)c(-c2ccc3ccccc3c2)c1.c1ccc(-c2c3ccccc3c(-c3ccc4oc5ccccc5c4c3)c3ccccc23)c(-c2cccc3ccccc23)c1. The highest BCUT2D eigenvalue weighted by molar-refractivity contribution is 6.27. The van der Waals surface area contributed by atoms with Crippen molar-refractivity contribution in [1.29, 1.82) is 0 Å². The van der Waals surface area contributed by atoms with Crippen LogP contribution in [0.4, 0.5) is 0 Å². The molecule has 0 radical (unpaired) electrons. The molecule has 0 amide bonds. The van der Waals surface area contributed by atoms with Gasteiger partial charge in [0, 0.05) is 32.3 Å². The molecule has 0 N–H and O–H groups in total. The third-order valence-corrected chi connectivity index (χ3v) is 26.6. The van der Waals surface area contributed by atoms with E-state index >= 15 is 0 Å². The van der Waals surface area contributed by atoms with Gasteiger partial charge >= 0.3 is 0 Å². The van der Waals surface area contributed by atoms with Crippen molar-refractivity contribution < 1.29 is 13.3 Å². The molecule has 0 fully saturated rings. The van der Waals surface area contributed by atoms with Crippen LogP contribution in [-0.4, -0.2) is 0 Å². The Balaban J connectivity index is 0.000000105. The lowest BCUT2D eigenvalue weighted by Crippen LogP contribution is -1.93. The van der Waals surface area contributed by atoms with Gasteiger partial charge in [-0.2, -0.15) is 0 Å². The molecule has 3 heteroatoms. The second-order valence-electron chi connectivity index (χ2n) is 33.7. The van der Waals surface area contributed by atoms with Gasteiger partial charge in [0.1, 0.15) is 33.5 Å². The Bertz CT molecular complexity index is 9040. The highest BCUT2D eigenvalue weighted by Crippen LogP contribution is 2.52. The highest BCUT2D eigenvalue weighted by Gasteiger charge is 2.25. The average Bonchev–Trinajstić information content (AvgIpc) is 1.57. The average molecular weight is 1640 g/mol. The van der Waals surface area contributed by atoms with Gasteiger partial charge in [0.05, 0.1) is 0 Å². The maximum Gasteiger partial charge on any atom is 0.135 e. The zero-order valence-electron chi connectivity index (χ0n) is 70.3. The van der Waals surface area contributed by atoms with Crippen molar-refractivity contribution in [3.8, 4) is 100 Å². The monoisotopic (exact) mass is 1640 g/mol. The molecule has 0 bridgehead atoms. The molecule has 600 valence electrons. The smallest absolute Gasteiger partial charge is 0.135 e. The van der Waals surface area contributed by atoms with Gasteiger partial charge < -0.3 is 13.3 Å². The fraction of sp³-hybridized carbons (Fsp3) is 0. The first-order chi connectivity index (χ1) is 64.0. The van der Waals surface area contributed by atoms with Crippen LogP contribution >= 0.6 is 0 Å². The quantitative estimate of drug-likeness (QED) is 0.135. The standard InChI is InChI=1S/3C42H26O/c1-2-15-31-27(11-1)12-10-21-32(31)28-13-9-14-29(25-28)41-34-17-3-5-19-36(34)42(37-20-6-4-18-35(37)41)30-23-24-40-38(26-30)33-16-7-8-22-39(33)43-40;1-2-14-29-27(12-1)13-11-22-30(29)31-15-3-4-17-33(31)42-36-20-7-5-18-34(36)41(35-19-6-8-21-37(35)42)28-24-25-40-38(26-28)32-16-9-10-23-39(32)43-40;1-2-12-28-25-29(22-21-27(28)11-1)31-13-3-4-15-33(31)42-36-18-7-5-16-34(36)41(35-17-6-8-19-37(35)42)30-23-24-40-38(26-30)32-14-9-10-20-39(32)43-40/h3*1-26H. The third-order valence-electron chi connectivity index (χ3n) is 26.6. The van der Waals surface area contributed by atoms with E-state index in [0.29, 0.717) is 0 Å². The lowest BCUT2D eigenvalue weighted by Gasteiger charge is -2.20. The van der Waals surface area contributed by atoms with Crippen LogP contribution in [0.2, 0.25) is 0 Å². The van der Waals surface area contributed by atoms with Crippen LogP contribution < -0.4 is 0 Å². The summed E-state index contributed by atoms with van der Waals surface area (Å²) in [5, 5.41) is 29.4. The van der Waals surface area contributed by atoms with Crippen LogP contribution in [0.1, 0.15) is 0 Å². The van der Waals surface area contributed by atoms with E-state index in [9.17, 15) is 0 Å². The molecule has 3 heterocycles. The highest BCUT2D eigenvalue weighted by atomic mass is 16.3. The lowest BCUT2D eigenvalue weighted by atomic mass is 9.83. The number of fused-ring (bicyclic) bond motifs is 18. The number of hydrogen-bond donors (Lipinski definition) is 0. The predicted molar refractivity (Wildman–Crippen MR) is 548 cm³/mol. The molecular weight excluding hydrogens is 1560 g/mol. The van der Waals surface area contributed by atoms with E-state index in [0.717, 1.165) is 65.8 Å². The second-order valence-corrected chi connectivity index (χ2v) is 33.7. The van der Waals surface area contributed by atoms with Gasteiger partial charge in [-0.1, -0.05) is 406 Å². The van der Waals surface area contributed by atoms with E-state index in [1.54, 1.807) is 0 Å². The van der Waals surface area contributed by atoms with Gasteiger partial charge in [-0.05, 0) is 264 Å². The normalized spacial score (nSPS) is 11.7. The van der Waals surface area contributed by atoms with Crippen LogP contribution in [0, 0.1) is 0 Å². The molecule has 24 aromatic carbocycles. The first kappa shape index (κ1) is 74.6. The van der Waals surface area contributed by atoms with Crippen LogP contribution in [-0.2, 0) is 0 Å². The number of hydrogen-bond acceptors (Lipinski definition) is 3. The molecule has 3 nitrogen and oxygen atoms in total. The maximum atomic E-state index is 6.18. The minimum Gasteiger partial charge on any atom is -0.456 e. The van der Waals surface area contributed by atoms with E-state index in [1.165, 1.54) is 197 Å². The summed E-state index contributed by atoms with van der Waals surface area (Å²) in [5.41, 5.74) is 27.8. The molecule has 129 heavy (non-hydrogen) atoms. The Kier molecular flexibility index (Phi) is 18.0. The van der Waals surface area contributed by atoms with Gasteiger partial charge in [-0.3, -0.25) is 0 Å². The molecule has 3 aromatic heterocycles. The molecule has 0 saturated carbocycles. The Morgan fingerprint density at radius 2 is 0.341 bits per heavy atom. The molecule has 0 saturated heterocycles. The molecule has 0 aliphatic carbocycles. The summed E-state index contributed by atoms with van der Waals surface area (Å²) in [6, 6.07) is 171. The summed E-state index contributed by atoms with van der Waals surface area (Å²) >= 11 is 0. The van der Waals surface area contributed by atoms with E-state index in [-0.39, 0.29) is 0 Å². The minimum atomic E-state index is 0.916. The van der Waals surface area contributed by atoms with E-state index in [4.69, 9.17) is 13.3 Å². The Morgan fingerprint density at radius 1 is 0.101 bits per heavy atom. The minimum absolute atomic E-state index is 0.916. The second kappa shape index (κ2) is 31.1. The van der Waals surface area contributed by atoms with Crippen molar-refractivity contribution in [3.05, 3.63) is 473 Å². The molecule has 0 aliphatic rings. The zero-order chi connectivity index (χ0) is 85.0. The van der Waals surface area contributed by atoms with Gasteiger partial charge in [0.15, 0.2) is 0 Å². The van der Waals surface area contributed by atoms with Crippen LogP contribution in [0.15, 0.2) is 486 Å².